The summed E-state index contributed by atoms with van der Waals surface area (Å²) in [6.45, 7) is 7.90. The Bertz CT molecular complexity index is 1360. The molecule has 2 aliphatic heterocycles. The van der Waals surface area contributed by atoms with Crippen LogP contribution in [0.15, 0.2) is 30.3 Å². The summed E-state index contributed by atoms with van der Waals surface area (Å²) in [6, 6.07) is 9.27. The summed E-state index contributed by atoms with van der Waals surface area (Å²) in [6.07, 6.45) is 0.539. The second kappa shape index (κ2) is 9.23. The number of carbonyl (C=O) groups excluding carboxylic acids is 1. The van der Waals surface area contributed by atoms with Gasteiger partial charge in [-0.15, -0.1) is 0 Å². The van der Waals surface area contributed by atoms with Crippen LogP contribution in [0, 0.1) is 6.92 Å². The lowest BCUT2D eigenvalue weighted by Crippen LogP contribution is -2.48. The largest absolute Gasteiger partial charge is 0.497 e. The lowest BCUT2D eigenvalue weighted by atomic mass is 10.1. The number of piperazine rings is 1. The quantitative estimate of drug-likeness (QED) is 0.534. The molecule has 2 saturated heterocycles. The van der Waals surface area contributed by atoms with Gasteiger partial charge in [-0.25, -0.2) is 18.4 Å². The molecule has 1 amide bonds. The molecule has 2 fully saturated rings. The predicted molar refractivity (Wildman–Crippen MR) is 135 cm³/mol. The molecule has 2 aromatic heterocycles. The van der Waals surface area contributed by atoms with Gasteiger partial charge in [0.25, 0.3) is 5.91 Å². The van der Waals surface area contributed by atoms with Crippen molar-refractivity contribution in [1.29, 1.82) is 0 Å². The van der Waals surface area contributed by atoms with Crippen LogP contribution in [0.5, 0.6) is 5.75 Å². The number of carbonyl (C=O) groups is 1. The molecule has 1 aromatic carbocycles. The molecule has 0 N–H and O–H groups in total. The number of likely N-dealkylation sites (N-methyl/N-ethyl adjacent to an activating group) is 1. The second-order valence-electron chi connectivity index (χ2n) is 9.26. The maximum Gasteiger partial charge on any atom is 0.274 e. The maximum absolute atomic E-state index is 13.7. The van der Waals surface area contributed by atoms with Crippen LogP contribution >= 0.6 is 0 Å². The summed E-state index contributed by atoms with van der Waals surface area (Å²) in [5.74, 6) is 1.55. The Hall–Kier alpha value is -2.98. The molecule has 186 valence electrons. The van der Waals surface area contributed by atoms with E-state index in [0.717, 1.165) is 36.5 Å². The fourth-order valence-electron chi connectivity index (χ4n) is 5.12. The van der Waals surface area contributed by atoms with Crippen molar-refractivity contribution in [2.24, 2.45) is 0 Å². The van der Waals surface area contributed by atoms with Crippen LogP contribution in [-0.2, 0) is 9.84 Å². The van der Waals surface area contributed by atoms with E-state index in [1.165, 1.54) is 0 Å². The number of benzene rings is 1. The topological polar surface area (TPSA) is 97.6 Å². The van der Waals surface area contributed by atoms with Gasteiger partial charge in [-0.05, 0) is 50.2 Å². The summed E-state index contributed by atoms with van der Waals surface area (Å²) in [5, 5.41) is 0. The number of hydrogen-bond acceptors (Lipinski definition) is 7. The Morgan fingerprint density at radius 3 is 2.43 bits per heavy atom. The number of rotatable bonds is 5. The van der Waals surface area contributed by atoms with Crippen LogP contribution in [0.2, 0.25) is 0 Å². The van der Waals surface area contributed by atoms with Gasteiger partial charge in [0.15, 0.2) is 15.5 Å². The molecular formula is C25H31N5O4S. The summed E-state index contributed by atoms with van der Waals surface area (Å²) >= 11 is 0. The number of hydrogen-bond donors (Lipinski definition) is 0. The third-order valence-electron chi connectivity index (χ3n) is 7.12. The third-order valence-corrected chi connectivity index (χ3v) is 8.87. The first kappa shape index (κ1) is 23.7. The molecular weight excluding hydrogens is 466 g/mol. The minimum Gasteiger partial charge on any atom is -0.497 e. The molecule has 0 saturated carbocycles. The fourth-order valence-corrected chi connectivity index (χ4v) is 6.82. The average Bonchev–Trinajstić information content (AvgIpc) is 3.40. The summed E-state index contributed by atoms with van der Waals surface area (Å²) in [4.78, 5) is 27.4. The number of nitrogens with zero attached hydrogens (tertiary/aromatic N) is 5. The highest BCUT2D eigenvalue weighted by molar-refractivity contribution is 7.91. The Kier molecular flexibility index (Phi) is 6.27. The van der Waals surface area contributed by atoms with Crippen molar-refractivity contribution in [1.82, 2.24) is 24.3 Å². The molecule has 10 heteroatoms. The highest BCUT2D eigenvalue weighted by Gasteiger charge is 2.33. The van der Waals surface area contributed by atoms with E-state index in [1.54, 1.807) is 7.11 Å². The van der Waals surface area contributed by atoms with E-state index < -0.39 is 9.84 Å². The van der Waals surface area contributed by atoms with E-state index in [1.807, 2.05) is 46.7 Å². The molecule has 4 heterocycles. The molecule has 5 rings (SSSR count). The number of sulfone groups is 1. The van der Waals surface area contributed by atoms with Gasteiger partial charge < -0.3 is 19.1 Å². The first-order chi connectivity index (χ1) is 16.8. The van der Waals surface area contributed by atoms with Crippen molar-refractivity contribution in [2.75, 3.05) is 51.3 Å². The van der Waals surface area contributed by atoms with E-state index in [4.69, 9.17) is 14.7 Å². The Morgan fingerprint density at radius 2 is 1.83 bits per heavy atom. The Morgan fingerprint density at radius 1 is 1.11 bits per heavy atom. The van der Waals surface area contributed by atoms with Crippen molar-refractivity contribution in [3.8, 4) is 17.0 Å². The number of imidazole rings is 1. The first-order valence-electron chi connectivity index (χ1n) is 12.1. The monoisotopic (exact) mass is 497 g/mol. The van der Waals surface area contributed by atoms with Crippen LogP contribution in [0.3, 0.4) is 0 Å². The van der Waals surface area contributed by atoms with Crippen LogP contribution < -0.4 is 4.74 Å². The number of amides is 1. The van der Waals surface area contributed by atoms with Gasteiger partial charge in [-0.1, -0.05) is 6.92 Å². The van der Waals surface area contributed by atoms with Gasteiger partial charge in [0.05, 0.1) is 35.9 Å². The van der Waals surface area contributed by atoms with Gasteiger partial charge in [0.1, 0.15) is 17.1 Å². The zero-order valence-corrected chi connectivity index (χ0v) is 21.2. The first-order valence-corrected chi connectivity index (χ1v) is 13.9. The number of aryl methyl sites for hydroxylation is 1. The zero-order valence-electron chi connectivity index (χ0n) is 20.4. The fraction of sp³-hybridized carbons (Fsp3) is 0.480. The number of aromatic nitrogens is 3. The third kappa shape index (κ3) is 4.52. The van der Waals surface area contributed by atoms with Gasteiger partial charge in [0.2, 0.25) is 0 Å². The highest BCUT2D eigenvalue weighted by atomic mass is 32.2. The summed E-state index contributed by atoms with van der Waals surface area (Å²) in [5.41, 5.74) is 3.11. The summed E-state index contributed by atoms with van der Waals surface area (Å²) < 4.78 is 31.8. The lowest BCUT2D eigenvalue weighted by Gasteiger charge is -2.33. The van der Waals surface area contributed by atoms with E-state index in [-0.39, 0.29) is 23.5 Å². The maximum atomic E-state index is 13.7. The SMILES string of the molecule is CCN1CCN(C(=O)c2nc(-c3ccc(OC)cc3)cc3c2nc(C)n3C2CCS(=O)(=O)C2)CC1. The Balaban J connectivity index is 1.63. The highest BCUT2D eigenvalue weighted by Crippen LogP contribution is 2.33. The molecule has 3 aromatic rings. The van der Waals surface area contributed by atoms with Gasteiger partial charge >= 0.3 is 0 Å². The van der Waals surface area contributed by atoms with E-state index in [9.17, 15) is 13.2 Å². The van der Waals surface area contributed by atoms with Crippen molar-refractivity contribution in [3.63, 3.8) is 0 Å². The number of ether oxygens (including phenoxy) is 1. The van der Waals surface area contributed by atoms with Crippen LogP contribution in [0.25, 0.3) is 22.3 Å². The molecule has 1 atom stereocenters. The normalized spacial score (nSPS) is 20.4. The number of fused-ring (bicyclic) bond motifs is 1. The van der Waals surface area contributed by atoms with Crippen molar-refractivity contribution >= 4 is 26.8 Å². The molecule has 0 aliphatic carbocycles. The van der Waals surface area contributed by atoms with E-state index in [2.05, 4.69) is 11.8 Å². The zero-order chi connectivity index (χ0) is 24.7. The predicted octanol–water partition coefficient (Wildman–Crippen LogP) is 2.55. The van der Waals surface area contributed by atoms with Gasteiger partial charge in [-0.2, -0.15) is 0 Å². The minimum atomic E-state index is -3.09. The molecule has 1 unspecified atom stereocenters. The van der Waals surface area contributed by atoms with Crippen molar-refractivity contribution < 1.29 is 17.9 Å². The van der Waals surface area contributed by atoms with E-state index in [0.29, 0.717) is 42.2 Å². The standard InChI is InChI=1S/C25H31N5O4S/c1-4-28-10-12-29(13-11-28)25(31)24-23-22(15-21(27-24)18-5-7-20(34-3)8-6-18)30(17(2)26-23)19-9-14-35(32,33)16-19/h5-8,15,19H,4,9-14,16H2,1-3H3. The second-order valence-corrected chi connectivity index (χ2v) is 11.5. The van der Waals surface area contributed by atoms with Gasteiger partial charge in [-0.3, -0.25) is 4.79 Å². The molecule has 0 radical (unpaired) electrons. The molecule has 0 bridgehead atoms. The van der Waals surface area contributed by atoms with Crippen LogP contribution in [0.1, 0.15) is 35.7 Å². The molecule has 0 spiro atoms. The minimum absolute atomic E-state index is 0.0851. The van der Waals surface area contributed by atoms with Crippen molar-refractivity contribution in [2.45, 2.75) is 26.3 Å². The molecule has 2 aliphatic rings. The van der Waals surface area contributed by atoms with Crippen LogP contribution in [-0.4, -0.2) is 90.0 Å². The van der Waals surface area contributed by atoms with Crippen LogP contribution in [0.4, 0.5) is 0 Å². The summed E-state index contributed by atoms with van der Waals surface area (Å²) in [7, 11) is -1.47. The molecule has 9 nitrogen and oxygen atoms in total. The number of pyridine rings is 1. The Labute approximate surface area is 205 Å². The lowest BCUT2D eigenvalue weighted by molar-refractivity contribution is 0.0639. The number of methoxy groups -OCH3 is 1. The van der Waals surface area contributed by atoms with Gasteiger partial charge in [0, 0.05) is 31.7 Å². The average molecular weight is 498 g/mol. The van der Waals surface area contributed by atoms with E-state index >= 15 is 0 Å². The van der Waals surface area contributed by atoms with Crippen molar-refractivity contribution in [3.05, 3.63) is 41.9 Å². The smallest absolute Gasteiger partial charge is 0.274 e. The molecule has 35 heavy (non-hydrogen) atoms.